The molecule has 0 aliphatic carbocycles. The second kappa shape index (κ2) is 4.30. The van der Waals surface area contributed by atoms with Crippen molar-refractivity contribution in [3.05, 3.63) is 11.7 Å². The van der Waals surface area contributed by atoms with Crippen molar-refractivity contribution in [1.82, 2.24) is 15.5 Å². The van der Waals surface area contributed by atoms with Crippen LogP contribution in [0.15, 0.2) is 4.52 Å². The van der Waals surface area contributed by atoms with Gasteiger partial charge < -0.3 is 15.6 Å². The minimum Gasteiger partial charge on any atom is -0.343 e. The third kappa shape index (κ3) is 3.24. The van der Waals surface area contributed by atoms with Gasteiger partial charge in [0.1, 0.15) is 0 Å². The van der Waals surface area contributed by atoms with Crippen molar-refractivity contribution >= 4 is 5.91 Å². The highest BCUT2D eigenvalue weighted by Crippen LogP contribution is 2.08. The lowest BCUT2D eigenvalue weighted by molar-refractivity contribution is 0.0117. The van der Waals surface area contributed by atoms with Crippen LogP contribution in [0.2, 0.25) is 0 Å². The third-order valence-corrected chi connectivity index (χ3v) is 1.54. The minimum atomic E-state index is -3.13. The van der Waals surface area contributed by atoms with Crippen molar-refractivity contribution in [2.75, 3.05) is 13.1 Å². The van der Waals surface area contributed by atoms with Crippen LogP contribution in [0, 0.1) is 6.92 Å². The van der Waals surface area contributed by atoms with E-state index in [1.54, 1.807) is 0 Å². The van der Waals surface area contributed by atoms with Crippen LogP contribution in [0.1, 0.15) is 16.5 Å². The van der Waals surface area contributed by atoms with Crippen molar-refractivity contribution in [2.45, 2.75) is 12.8 Å². The number of nitrogens with zero attached hydrogens (tertiary/aromatic N) is 2. The zero-order valence-corrected chi connectivity index (χ0v) is 7.96. The summed E-state index contributed by atoms with van der Waals surface area (Å²) < 4.78 is 29.8. The van der Waals surface area contributed by atoms with E-state index in [9.17, 15) is 13.6 Å². The van der Waals surface area contributed by atoms with Crippen LogP contribution in [0.3, 0.4) is 0 Å². The van der Waals surface area contributed by atoms with Crippen molar-refractivity contribution in [3.8, 4) is 0 Å². The number of carbonyl (C=O) groups excluding carboxylic acids is 1. The number of hydrogen-bond acceptors (Lipinski definition) is 5. The fourth-order valence-corrected chi connectivity index (χ4v) is 0.752. The van der Waals surface area contributed by atoms with E-state index in [1.165, 1.54) is 6.92 Å². The second-order valence-electron chi connectivity index (χ2n) is 2.88. The smallest absolute Gasteiger partial charge is 0.292 e. The summed E-state index contributed by atoms with van der Waals surface area (Å²) in [6, 6.07) is 0. The molecule has 15 heavy (non-hydrogen) atoms. The van der Waals surface area contributed by atoms with Gasteiger partial charge in [-0.1, -0.05) is 5.16 Å². The summed E-state index contributed by atoms with van der Waals surface area (Å²) in [4.78, 5) is 14.7. The summed E-state index contributed by atoms with van der Waals surface area (Å²) in [6.07, 6.45) is 0. The molecule has 1 amide bonds. The van der Waals surface area contributed by atoms with Gasteiger partial charge >= 0.3 is 0 Å². The van der Waals surface area contributed by atoms with Crippen molar-refractivity contribution in [2.24, 2.45) is 5.73 Å². The number of amides is 1. The Kier molecular flexibility index (Phi) is 3.30. The minimum absolute atomic E-state index is 0.186. The molecule has 0 bridgehead atoms. The number of nitrogens with one attached hydrogen (secondary N) is 1. The molecule has 1 aromatic rings. The number of nitrogens with two attached hydrogens (primary N) is 1. The number of aryl methyl sites for hydroxylation is 1. The first-order valence-corrected chi connectivity index (χ1v) is 4.11. The average molecular weight is 220 g/mol. The number of rotatable bonds is 4. The Hall–Kier alpha value is -1.57. The van der Waals surface area contributed by atoms with Gasteiger partial charge in [-0.15, -0.1) is 0 Å². The summed E-state index contributed by atoms with van der Waals surface area (Å²) in [5, 5.41) is 5.22. The molecule has 0 radical (unpaired) electrons. The molecule has 0 aliphatic rings. The molecule has 0 unspecified atom stereocenters. The number of alkyl halides is 2. The molecule has 0 aliphatic heterocycles. The van der Waals surface area contributed by atoms with Gasteiger partial charge in [-0.25, -0.2) is 8.78 Å². The maximum Gasteiger partial charge on any atom is 0.292 e. The molecule has 0 fully saturated rings. The normalized spacial score (nSPS) is 11.5. The maximum atomic E-state index is 12.6. The molecule has 0 aromatic carbocycles. The molecular formula is C7H10F2N4O2. The molecule has 1 aromatic heterocycles. The van der Waals surface area contributed by atoms with Crippen molar-refractivity contribution < 1.29 is 18.1 Å². The fraction of sp³-hybridized carbons (Fsp3) is 0.571. The summed E-state index contributed by atoms with van der Waals surface area (Å²) >= 11 is 0. The Balaban J connectivity index is 2.50. The van der Waals surface area contributed by atoms with E-state index < -0.39 is 24.9 Å². The SMILES string of the molecule is Cc1nc(C(=O)NCC(F)(F)CN)no1. The zero-order chi connectivity index (χ0) is 11.5. The molecule has 1 heterocycles. The van der Waals surface area contributed by atoms with Crippen LogP contribution >= 0.6 is 0 Å². The predicted octanol–water partition coefficient (Wildman–Crippen LogP) is -0.298. The van der Waals surface area contributed by atoms with Crippen LogP contribution in [0.25, 0.3) is 0 Å². The summed E-state index contributed by atoms with van der Waals surface area (Å²) in [7, 11) is 0. The molecule has 8 heteroatoms. The molecule has 0 spiro atoms. The molecule has 0 saturated heterocycles. The molecule has 6 nitrogen and oxygen atoms in total. The molecule has 0 saturated carbocycles. The highest BCUT2D eigenvalue weighted by Gasteiger charge is 2.28. The first kappa shape index (κ1) is 11.5. The Morgan fingerprint density at radius 1 is 1.67 bits per heavy atom. The van der Waals surface area contributed by atoms with Gasteiger partial charge in [-0.3, -0.25) is 4.79 Å². The summed E-state index contributed by atoms with van der Waals surface area (Å²) in [5.74, 6) is -4.04. The second-order valence-corrected chi connectivity index (χ2v) is 2.88. The van der Waals surface area contributed by atoms with E-state index in [0.717, 1.165) is 0 Å². The van der Waals surface area contributed by atoms with Crippen LogP contribution in [0.4, 0.5) is 8.78 Å². The van der Waals surface area contributed by atoms with E-state index in [4.69, 9.17) is 5.73 Å². The number of aromatic nitrogens is 2. The van der Waals surface area contributed by atoms with Crippen LogP contribution in [0.5, 0.6) is 0 Å². The van der Waals surface area contributed by atoms with Gasteiger partial charge in [0.15, 0.2) is 0 Å². The van der Waals surface area contributed by atoms with E-state index in [-0.39, 0.29) is 11.7 Å². The van der Waals surface area contributed by atoms with E-state index in [1.807, 2.05) is 5.32 Å². The van der Waals surface area contributed by atoms with Gasteiger partial charge in [-0.05, 0) is 0 Å². The molecule has 84 valence electrons. The standard InChI is InChI=1S/C7H10F2N4O2/c1-4-12-5(13-15-4)6(14)11-3-7(8,9)2-10/h2-3,10H2,1H3,(H,11,14). The van der Waals surface area contributed by atoms with Crippen LogP contribution < -0.4 is 11.1 Å². The first-order valence-electron chi connectivity index (χ1n) is 4.11. The monoisotopic (exact) mass is 220 g/mol. The lowest BCUT2D eigenvalue weighted by atomic mass is 10.3. The van der Waals surface area contributed by atoms with Gasteiger partial charge in [0.2, 0.25) is 5.89 Å². The highest BCUT2D eigenvalue weighted by atomic mass is 19.3. The Labute approximate surface area is 83.8 Å². The van der Waals surface area contributed by atoms with Crippen LogP contribution in [-0.2, 0) is 0 Å². The lowest BCUT2D eigenvalue weighted by Gasteiger charge is -2.13. The van der Waals surface area contributed by atoms with Crippen molar-refractivity contribution in [1.29, 1.82) is 0 Å². The molecule has 3 N–H and O–H groups in total. The van der Waals surface area contributed by atoms with Gasteiger partial charge in [0, 0.05) is 6.92 Å². The average Bonchev–Trinajstić information content (AvgIpc) is 2.61. The topological polar surface area (TPSA) is 94.0 Å². The number of carbonyl (C=O) groups is 1. The quantitative estimate of drug-likeness (QED) is 0.726. The first-order chi connectivity index (χ1) is 6.94. The lowest BCUT2D eigenvalue weighted by Crippen LogP contribution is -2.41. The fourth-order valence-electron chi connectivity index (χ4n) is 0.752. The van der Waals surface area contributed by atoms with Crippen molar-refractivity contribution in [3.63, 3.8) is 0 Å². The van der Waals surface area contributed by atoms with Gasteiger partial charge in [0.25, 0.3) is 17.7 Å². The van der Waals surface area contributed by atoms with Crippen LogP contribution in [-0.4, -0.2) is 35.1 Å². The molecular weight excluding hydrogens is 210 g/mol. The van der Waals surface area contributed by atoms with E-state index in [0.29, 0.717) is 0 Å². The highest BCUT2D eigenvalue weighted by molar-refractivity contribution is 5.90. The summed E-state index contributed by atoms with van der Waals surface area (Å²) in [5.41, 5.74) is 4.78. The van der Waals surface area contributed by atoms with Gasteiger partial charge in [0.05, 0.1) is 13.1 Å². The van der Waals surface area contributed by atoms with E-state index in [2.05, 4.69) is 14.7 Å². The molecule has 1 rings (SSSR count). The largest absolute Gasteiger partial charge is 0.343 e. The third-order valence-electron chi connectivity index (χ3n) is 1.54. The summed E-state index contributed by atoms with van der Waals surface area (Å²) in [6.45, 7) is -0.202. The predicted molar refractivity (Wildman–Crippen MR) is 45.4 cm³/mol. The Morgan fingerprint density at radius 2 is 2.33 bits per heavy atom. The van der Waals surface area contributed by atoms with E-state index >= 15 is 0 Å². The maximum absolute atomic E-state index is 12.6. The Morgan fingerprint density at radius 3 is 2.80 bits per heavy atom. The Bertz CT molecular complexity index is 353. The zero-order valence-electron chi connectivity index (χ0n) is 7.96. The number of halogens is 2. The number of hydrogen-bond donors (Lipinski definition) is 2. The molecule has 0 atom stereocenters. The van der Waals surface area contributed by atoms with Gasteiger partial charge in [-0.2, -0.15) is 4.98 Å².